The van der Waals surface area contributed by atoms with E-state index in [1.54, 1.807) is 42.1 Å². The maximum absolute atomic E-state index is 14.1. The number of aromatic nitrogens is 3. The van der Waals surface area contributed by atoms with E-state index in [0.717, 1.165) is 63.2 Å². The molecule has 236 valence electrons. The molecule has 1 aromatic carbocycles. The van der Waals surface area contributed by atoms with Crippen LogP contribution < -0.4 is 20.3 Å². The zero-order valence-corrected chi connectivity index (χ0v) is 26.7. The van der Waals surface area contributed by atoms with E-state index in [1.807, 2.05) is 18.7 Å². The number of nitrogens with zero attached hydrogens (tertiary/aromatic N) is 5. The number of carbonyl (C=O) groups is 1. The first-order chi connectivity index (χ1) is 21.3. The molecule has 2 aromatic heterocycles. The van der Waals surface area contributed by atoms with Gasteiger partial charge in [-0.1, -0.05) is 17.2 Å². The van der Waals surface area contributed by atoms with Crippen molar-refractivity contribution in [1.29, 1.82) is 0 Å². The van der Waals surface area contributed by atoms with Crippen molar-refractivity contribution in [3.05, 3.63) is 51.4 Å². The summed E-state index contributed by atoms with van der Waals surface area (Å²) in [6.07, 6.45) is 5.13. The smallest absolute Gasteiger partial charge is 0.260 e. The van der Waals surface area contributed by atoms with Gasteiger partial charge < -0.3 is 24.4 Å². The number of nitrogens with one attached hydrogen (secondary N) is 1. The molecule has 44 heavy (non-hydrogen) atoms. The molecule has 0 unspecified atom stereocenters. The lowest BCUT2D eigenvalue weighted by Crippen LogP contribution is -2.48. The molecular weight excluding hydrogens is 584 g/mol. The third-order valence-corrected chi connectivity index (χ3v) is 8.47. The van der Waals surface area contributed by atoms with Crippen molar-refractivity contribution in [2.75, 3.05) is 72.0 Å². The number of allylic oxidation sites excluding steroid dienone is 1. The number of amides is 1. The number of carbonyl (C=O) groups excluding carboxylic acids is 1. The second-order valence-electron chi connectivity index (χ2n) is 11.5. The number of fused-ring (bicyclic) bond motifs is 1. The standard InChI is InChI=1S/C32H41ClN6O5/c1-21(2)14-28(40)38-12-10-37(11-13-38)8-5-9-39-30-23(18-35-32(36-30)34-7-6-22-19-44-20-22)15-26(31(39)41)25-16-24(42-3)17-27(43-4)29(25)33/h14-18,22H,5-13,19-20H2,1-4H3,(H,34,35,36). The van der Waals surface area contributed by atoms with Gasteiger partial charge in [0.2, 0.25) is 11.9 Å². The maximum Gasteiger partial charge on any atom is 0.260 e. The van der Waals surface area contributed by atoms with E-state index in [2.05, 4.69) is 15.2 Å². The van der Waals surface area contributed by atoms with Crippen molar-refractivity contribution in [1.82, 2.24) is 24.3 Å². The van der Waals surface area contributed by atoms with Crippen molar-refractivity contribution in [2.24, 2.45) is 5.92 Å². The SMILES string of the molecule is COc1cc(OC)c(Cl)c(-c2cc3cnc(NCCC4COC4)nc3n(CCCN3CCN(C(=O)C=C(C)C)CC3)c2=O)c1. The van der Waals surface area contributed by atoms with Gasteiger partial charge in [0.1, 0.15) is 17.1 Å². The van der Waals surface area contributed by atoms with Crippen LogP contribution in [0.15, 0.2) is 40.8 Å². The minimum atomic E-state index is -0.205. The molecule has 3 aromatic rings. The monoisotopic (exact) mass is 624 g/mol. The Labute approximate surface area is 262 Å². The lowest BCUT2D eigenvalue weighted by Gasteiger charge is -2.34. The molecule has 11 nitrogen and oxygen atoms in total. The highest BCUT2D eigenvalue weighted by Crippen LogP contribution is 2.38. The highest BCUT2D eigenvalue weighted by atomic mass is 35.5. The van der Waals surface area contributed by atoms with Crippen LogP contribution in [-0.4, -0.2) is 96.9 Å². The molecule has 12 heteroatoms. The Bertz CT molecular complexity index is 1580. The van der Waals surface area contributed by atoms with E-state index in [1.165, 1.54) is 7.11 Å². The van der Waals surface area contributed by atoms with E-state index >= 15 is 0 Å². The average Bonchev–Trinajstić information content (AvgIpc) is 2.99. The van der Waals surface area contributed by atoms with Gasteiger partial charge in [-0.05, 0) is 45.4 Å². The minimum absolute atomic E-state index is 0.0671. The summed E-state index contributed by atoms with van der Waals surface area (Å²) in [5, 5.41) is 4.36. The molecular formula is C32H41ClN6O5. The number of aryl methyl sites for hydroxylation is 1. The number of piperazine rings is 1. The summed E-state index contributed by atoms with van der Waals surface area (Å²) < 4.78 is 17.9. The molecule has 4 heterocycles. The van der Waals surface area contributed by atoms with E-state index < -0.39 is 0 Å². The van der Waals surface area contributed by atoms with Gasteiger partial charge in [0.05, 0.1) is 32.5 Å². The van der Waals surface area contributed by atoms with E-state index in [0.29, 0.717) is 64.8 Å². The van der Waals surface area contributed by atoms with Crippen LogP contribution in [0.2, 0.25) is 5.02 Å². The van der Waals surface area contributed by atoms with Gasteiger partial charge in [-0.15, -0.1) is 0 Å². The van der Waals surface area contributed by atoms with Gasteiger partial charge in [0.15, 0.2) is 0 Å². The Hall–Kier alpha value is -3.67. The summed E-state index contributed by atoms with van der Waals surface area (Å²) in [7, 11) is 3.09. The maximum atomic E-state index is 14.1. The second-order valence-corrected chi connectivity index (χ2v) is 11.9. The van der Waals surface area contributed by atoms with Gasteiger partial charge in [-0.25, -0.2) is 4.98 Å². The summed E-state index contributed by atoms with van der Waals surface area (Å²) in [6, 6.07) is 5.22. The summed E-state index contributed by atoms with van der Waals surface area (Å²) >= 11 is 6.72. The molecule has 0 aliphatic carbocycles. The van der Waals surface area contributed by atoms with Crippen LogP contribution in [0, 0.1) is 5.92 Å². The normalized spacial score (nSPS) is 15.6. The van der Waals surface area contributed by atoms with Crippen LogP contribution in [0.4, 0.5) is 5.95 Å². The molecule has 0 bridgehead atoms. The Balaban J connectivity index is 1.40. The largest absolute Gasteiger partial charge is 0.497 e. The Morgan fingerprint density at radius 2 is 1.86 bits per heavy atom. The minimum Gasteiger partial charge on any atom is -0.497 e. The first kappa shape index (κ1) is 31.7. The molecule has 2 fully saturated rings. The fourth-order valence-corrected chi connectivity index (χ4v) is 5.79. The summed E-state index contributed by atoms with van der Waals surface area (Å²) in [4.78, 5) is 40.1. The topological polar surface area (TPSA) is 111 Å². The average molecular weight is 625 g/mol. The summed E-state index contributed by atoms with van der Waals surface area (Å²) in [5.41, 5.74) is 2.29. The molecule has 2 aliphatic heterocycles. The lowest BCUT2D eigenvalue weighted by atomic mass is 10.0. The summed E-state index contributed by atoms with van der Waals surface area (Å²) in [6.45, 7) is 10.4. The zero-order chi connectivity index (χ0) is 31.2. The molecule has 0 atom stereocenters. The lowest BCUT2D eigenvalue weighted by molar-refractivity contribution is -0.127. The molecule has 0 saturated carbocycles. The van der Waals surface area contributed by atoms with Gasteiger partial charge in [0, 0.05) is 80.0 Å². The predicted molar refractivity (Wildman–Crippen MR) is 172 cm³/mol. The van der Waals surface area contributed by atoms with Crippen LogP contribution in [0.5, 0.6) is 11.5 Å². The van der Waals surface area contributed by atoms with Gasteiger partial charge in [-0.2, -0.15) is 4.98 Å². The highest BCUT2D eigenvalue weighted by molar-refractivity contribution is 6.35. The fraction of sp³-hybridized carbons (Fsp3) is 0.500. The van der Waals surface area contributed by atoms with Crippen molar-refractivity contribution in [3.8, 4) is 22.6 Å². The van der Waals surface area contributed by atoms with Crippen molar-refractivity contribution >= 4 is 34.5 Å². The quantitative estimate of drug-likeness (QED) is 0.298. The number of benzene rings is 1. The Morgan fingerprint density at radius 1 is 1.09 bits per heavy atom. The Morgan fingerprint density at radius 3 is 2.52 bits per heavy atom. The van der Waals surface area contributed by atoms with Crippen LogP contribution in [0.1, 0.15) is 26.7 Å². The number of halogens is 1. The van der Waals surface area contributed by atoms with Gasteiger partial charge in [0.25, 0.3) is 5.56 Å². The van der Waals surface area contributed by atoms with E-state index in [9.17, 15) is 9.59 Å². The first-order valence-electron chi connectivity index (χ1n) is 15.1. The number of ether oxygens (including phenoxy) is 3. The van der Waals surface area contributed by atoms with Gasteiger partial charge in [-0.3, -0.25) is 19.1 Å². The van der Waals surface area contributed by atoms with Crippen molar-refractivity contribution in [3.63, 3.8) is 0 Å². The number of rotatable bonds is 12. The van der Waals surface area contributed by atoms with Crippen LogP contribution in [0.3, 0.4) is 0 Å². The summed E-state index contributed by atoms with van der Waals surface area (Å²) in [5.74, 6) is 2.05. The van der Waals surface area contributed by atoms with Crippen molar-refractivity contribution < 1.29 is 19.0 Å². The number of pyridine rings is 1. The van der Waals surface area contributed by atoms with E-state index in [-0.39, 0.29) is 11.5 Å². The predicted octanol–water partition coefficient (Wildman–Crippen LogP) is 4.08. The molecule has 0 spiro atoms. The molecule has 1 N–H and O–H groups in total. The van der Waals surface area contributed by atoms with Crippen LogP contribution >= 0.6 is 11.6 Å². The highest BCUT2D eigenvalue weighted by Gasteiger charge is 2.22. The van der Waals surface area contributed by atoms with Crippen LogP contribution in [-0.2, 0) is 16.1 Å². The molecule has 2 aliphatic rings. The van der Waals surface area contributed by atoms with Gasteiger partial charge >= 0.3 is 0 Å². The molecule has 0 radical (unpaired) electrons. The van der Waals surface area contributed by atoms with Crippen LogP contribution in [0.25, 0.3) is 22.2 Å². The number of methoxy groups -OCH3 is 2. The number of hydrogen-bond donors (Lipinski definition) is 1. The molecule has 5 rings (SSSR count). The molecule has 1 amide bonds. The zero-order valence-electron chi connectivity index (χ0n) is 25.9. The first-order valence-corrected chi connectivity index (χ1v) is 15.5. The Kier molecular flexibility index (Phi) is 10.4. The third kappa shape index (κ3) is 7.34. The molecule has 2 saturated heterocycles. The third-order valence-electron chi connectivity index (χ3n) is 8.08. The fourth-order valence-electron chi connectivity index (χ4n) is 5.50. The van der Waals surface area contributed by atoms with E-state index in [4.69, 9.17) is 30.8 Å². The number of hydrogen-bond acceptors (Lipinski definition) is 9. The number of anilines is 1. The second kappa shape index (κ2) is 14.4. The van der Waals surface area contributed by atoms with Crippen molar-refractivity contribution in [2.45, 2.75) is 33.2 Å².